The zero-order chi connectivity index (χ0) is 11.5. The van der Waals surface area contributed by atoms with Crippen molar-refractivity contribution in [2.75, 3.05) is 19.6 Å². The molecular weight excluding hydrogens is 192 g/mol. The number of carboxylic acids is 1. The topological polar surface area (TPSA) is 66.6 Å². The fraction of sp³-hybridized carbons (Fsp3) is 0.909. The van der Waals surface area contributed by atoms with E-state index < -0.39 is 11.5 Å². The summed E-state index contributed by atoms with van der Waals surface area (Å²) in [5, 5.41) is 9.04. The average molecular weight is 214 g/mol. The van der Waals surface area contributed by atoms with Gasteiger partial charge in [-0.05, 0) is 38.3 Å². The van der Waals surface area contributed by atoms with Gasteiger partial charge < -0.3 is 15.7 Å². The molecule has 1 saturated heterocycles. The molecule has 0 amide bonds. The summed E-state index contributed by atoms with van der Waals surface area (Å²) < 4.78 is 0. The Morgan fingerprint density at radius 2 is 2.27 bits per heavy atom. The molecule has 1 aliphatic heterocycles. The number of aliphatic carboxylic acids is 1. The third-order valence-corrected chi connectivity index (χ3v) is 3.05. The first-order chi connectivity index (χ1) is 6.94. The first-order valence-electron chi connectivity index (χ1n) is 5.69. The van der Waals surface area contributed by atoms with Crippen LogP contribution in [0.25, 0.3) is 0 Å². The standard InChI is InChI=1S/C11H22N2O2/c1-9(2)4-7-13-6-3-5-11(12,8-13)10(14)15/h9H,3-8,12H2,1-2H3,(H,14,15). The second-order valence-corrected chi connectivity index (χ2v) is 5.02. The molecule has 0 radical (unpaired) electrons. The molecule has 4 nitrogen and oxygen atoms in total. The maximum Gasteiger partial charge on any atom is 0.325 e. The van der Waals surface area contributed by atoms with E-state index in [9.17, 15) is 4.79 Å². The van der Waals surface area contributed by atoms with Crippen molar-refractivity contribution in [2.24, 2.45) is 11.7 Å². The van der Waals surface area contributed by atoms with Gasteiger partial charge in [0.2, 0.25) is 0 Å². The van der Waals surface area contributed by atoms with Gasteiger partial charge in [0, 0.05) is 6.54 Å². The van der Waals surface area contributed by atoms with E-state index in [1.807, 2.05) is 0 Å². The van der Waals surface area contributed by atoms with E-state index >= 15 is 0 Å². The lowest BCUT2D eigenvalue weighted by atomic mass is 9.90. The minimum absolute atomic E-state index is 0.495. The first-order valence-corrected chi connectivity index (χ1v) is 5.69. The molecule has 1 atom stereocenters. The molecule has 1 fully saturated rings. The van der Waals surface area contributed by atoms with Gasteiger partial charge in [-0.3, -0.25) is 4.79 Å². The van der Waals surface area contributed by atoms with Gasteiger partial charge >= 0.3 is 5.97 Å². The predicted octanol–water partition coefficient (Wildman–Crippen LogP) is 0.910. The third kappa shape index (κ3) is 3.47. The molecule has 0 spiro atoms. The van der Waals surface area contributed by atoms with Crippen molar-refractivity contribution in [3.63, 3.8) is 0 Å². The quantitative estimate of drug-likeness (QED) is 0.730. The summed E-state index contributed by atoms with van der Waals surface area (Å²) in [5.74, 6) is -0.208. The minimum Gasteiger partial charge on any atom is -0.480 e. The summed E-state index contributed by atoms with van der Waals surface area (Å²) in [5.41, 5.74) is 4.84. The number of nitrogens with two attached hydrogens (primary N) is 1. The van der Waals surface area contributed by atoms with Crippen molar-refractivity contribution < 1.29 is 9.90 Å². The third-order valence-electron chi connectivity index (χ3n) is 3.05. The fourth-order valence-electron chi connectivity index (χ4n) is 1.98. The zero-order valence-corrected chi connectivity index (χ0v) is 9.70. The molecule has 0 bridgehead atoms. The summed E-state index contributed by atoms with van der Waals surface area (Å²) in [7, 11) is 0. The van der Waals surface area contributed by atoms with Crippen LogP contribution in [0.2, 0.25) is 0 Å². The number of hydrogen-bond acceptors (Lipinski definition) is 3. The highest BCUT2D eigenvalue weighted by atomic mass is 16.4. The van der Waals surface area contributed by atoms with E-state index in [0.717, 1.165) is 25.9 Å². The minimum atomic E-state index is -1.02. The Balaban J connectivity index is 2.45. The highest BCUT2D eigenvalue weighted by Gasteiger charge is 2.38. The van der Waals surface area contributed by atoms with Crippen LogP contribution in [0.3, 0.4) is 0 Å². The molecule has 1 rings (SSSR count). The molecule has 88 valence electrons. The normalized spacial score (nSPS) is 28.3. The molecule has 0 aromatic carbocycles. The van der Waals surface area contributed by atoms with Gasteiger partial charge in [-0.1, -0.05) is 13.8 Å². The van der Waals surface area contributed by atoms with Gasteiger partial charge in [0.05, 0.1) is 0 Å². The van der Waals surface area contributed by atoms with E-state index in [-0.39, 0.29) is 0 Å². The van der Waals surface area contributed by atoms with E-state index in [4.69, 9.17) is 10.8 Å². The molecule has 1 unspecified atom stereocenters. The lowest BCUT2D eigenvalue weighted by Crippen LogP contribution is -2.59. The molecule has 1 heterocycles. The molecule has 0 aliphatic carbocycles. The second-order valence-electron chi connectivity index (χ2n) is 5.02. The number of hydrogen-bond donors (Lipinski definition) is 2. The summed E-state index contributed by atoms with van der Waals surface area (Å²) in [6, 6.07) is 0. The van der Waals surface area contributed by atoms with Crippen LogP contribution in [-0.4, -0.2) is 41.1 Å². The summed E-state index contributed by atoms with van der Waals surface area (Å²) >= 11 is 0. The Hall–Kier alpha value is -0.610. The van der Waals surface area contributed by atoms with Gasteiger partial charge in [0.25, 0.3) is 0 Å². The van der Waals surface area contributed by atoms with Crippen molar-refractivity contribution in [3.8, 4) is 0 Å². The van der Waals surface area contributed by atoms with Crippen LogP contribution in [0.5, 0.6) is 0 Å². The molecule has 4 heteroatoms. The van der Waals surface area contributed by atoms with Crippen LogP contribution < -0.4 is 5.73 Å². The molecule has 1 aliphatic rings. The lowest BCUT2D eigenvalue weighted by Gasteiger charge is -2.37. The van der Waals surface area contributed by atoms with Crippen LogP contribution in [0.4, 0.5) is 0 Å². The van der Waals surface area contributed by atoms with Crippen LogP contribution in [0.1, 0.15) is 33.1 Å². The lowest BCUT2D eigenvalue weighted by molar-refractivity contribution is -0.145. The first kappa shape index (κ1) is 12.5. The number of rotatable bonds is 4. The summed E-state index contributed by atoms with van der Waals surface area (Å²) in [6.07, 6.45) is 2.59. The number of carboxylic acid groups (broad SMARTS) is 1. The average Bonchev–Trinajstić information content (AvgIpc) is 2.15. The SMILES string of the molecule is CC(C)CCN1CCCC(N)(C(=O)O)C1. The van der Waals surface area contributed by atoms with E-state index in [2.05, 4.69) is 18.7 Å². The highest BCUT2D eigenvalue weighted by molar-refractivity contribution is 5.78. The van der Waals surface area contributed by atoms with E-state index in [0.29, 0.717) is 18.9 Å². The smallest absolute Gasteiger partial charge is 0.325 e. The van der Waals surface area contributed by atoms with Gasteiger partial charge in [-0.25, -0.2) is 0 Å². The Bertz CT molecular complexity index is 231. The van der Waals surface area contributed by atoms with Gasteiger partial charge in [-0.15, -0.1) is 0 Å². The Kier molecular flexibility index (Phi) is 4.11. The van der Waals surface area contributed by atoms with Crippen molar-refractivity contribution in [1.29, 1.82) is 0 Å². The van der Waals surface area contributed by atoms with Crippen LogP contribution in [0.15, 0.2) is 0 Å². The Morgan fingerprint density at radius 3 is 2.80 bits per heavy atom. The number of piperidine rings is 1. The molecule has 3 N–H and O–H groups in total. The van der Waals surface area contributed by atoms with Crippen molar-refractivity contribution in [2.45, 2.75) is 38.6 Å². The molecule has 15 heavy (non-hydrogen) atoms. The van der Waals surface area contributed by atoms with Crippen molar-refractivity contribution >= 4 is 5.97 Å². The molecule has 0 aromatic heterocycles. The van der Waals surface area contributed by atoms with Gasteiger partial charge in [-0.2, -0.15) is 0 Å². The molecule has 0 aromatic rings. The van der Waals surface area contributed by atoms with Gasteiger partial charge in [0.15, 0.2) is 0 Å². The zero-order valence-electron chi connectivity index (χ0n) is 9.70. The second kappa shape index (κ2) is 4.94. The Morgan fingerprint density at radius 1 is 1.60 bits per heavy atom. The predicted molar refractivity (Wildman–Crippen MR) is 59.7 cm³/mol. The maximum absolute atomic E-state index is 11.0. The largest absolute Gasteiger partial charge is 0.480 e. The fourth-order valence-corrected chi connectivity index (χ4v) is 1.98. The van der Waals surface area contributed by atoms with E-state index in [1.54, 1.807) is 0 Å². The highest BCUT2D eigenvalue weighted by Crippen LogP contribution is 2.19. The molecule has 0 saturated carbocycles. The van der Waals surface area contributed by atoms with E-state index in [1.165, 1.54) is 0 Å². The maximum atomic E-state index is 11.0. The van der Waals surface area contributed by atoms with Crippen molar-refractivity contribution in [3.05, 3.63) is 0 Å². The van der Waals surface area contributed by atoms with Crippen molar-refractivity contribution in [1.82, 2.24) is 4.90 Å². The molecular formula is C11H22N2O2. The Labute approximate surface area is 91.4 Å². The number of nitrogens with zero attached hydrogens (tertiary/aromatic N) is 1. The monoisotopic (exact) mass is 214 g/mol. The summed E-state index contributed by atoms with van der Waals surface area (Å²) in [4.78, 5) is 13.2. The van der Waals surface area contributed by atoms with Crippen LogP contribution in [-0.2, 0) is 4.79 Å². The number of carbonyl (C=O) groups is 1. The summed E-state index contributed by atoms with van der Waals surface area (Å²) in [6.45, 7) is 6.80. The van der Waals surface area contributed by atoms with Crippen LogP contribution in [0, 0.1) is 5.92 Å². The number of likely N-dealkylation sites (tertiary alicyclic amines) is 1. The van der Waals surface area contributed by atoms with Gasteiger partial charge in [0.1, 0.15) is 5.54 Å². The van der Waals surface area contributed by atoms with Crippen LogP contribution >= 0.6 is 0 Å².